The van der Waals surface area contributed by atoms with Gasteiger partial charge >= 0.3 is 0 Å². The molecule has 35 heavy (non-hydrogen) atoms. The summed E-state index contributed by atoms with van der Waals surface area (Å²) in [6.45, 7) is 3.85. The van der Waals surface area contributed by atoms with E-state index in [-0.39, 0.29) is 28.2 Å². The Morgan fingerprint density at radius 2 is 1.91 bits per heavy atom. The molecule has 1 aromatic heterocycles. The molecule has 0 unspecified atom stereocenters. The van der Waals surface area contributed by atoms with Gasteiger partial charge in [0, 0.05) is 38.1 Å². The molecule has 1 amide bonds. The Hall–Kier alpha value is -2.98. The first-order valence-corrected chi connectivity index (χ1v) is 13.3. The van der Waals surface area contributed by atoms with Crippen LogP contribution in [0.3, 0.4) is 0 Å². The number of nitrogens with one attached hydrogen (secondary N) is 2. The molecule has 0 spiro atoms. The van der Waals surface area contributed by atoms with Crippen LogP contribution in [0.1, 0.15) is 42.1 Å². The number of sulfonamides is 1. The summed E-state index contributed by atoms with van der Waals surface area (Å²) in [6, 6.07) is 8.44. The summed E-state index contributed by atoms with van der Waals surface area (Å²) in [7, 11) is -3.65. The van der Waals surface area contributed by atoms with Gasteiger partial charge < -0.3 is 15.8 Å². The lowest BCUT2D eigenvalue weighted by molar-refractivity contribution is 0.0390. The summed E-state index contributed by atoms with van der Waals surface area (Å²) in [4.78, 5) is 14.3. The number of hydrogen-bond acceptors (Lipinski definition) is 8. The first-order valence-electron chi connectivity index (χ1n) is 11.8. The number of nitrogens with zero attached hydrogens (tertiary/aromatic N) is 4. The van der Waals surface area contributed by atoms with Crippen LogP contribution in [0, 0.1) is 17.2 Å². The molecule has 0 radical (unpaired) electrons. The van der Waals surface area contributed by atoms with E-state index >= 15 is 0 Å². The van der Waals surface area contributed by atoms with E-state index in [2.05, 4.69) is 26.1 Å². The highest BCUT2D eigenvalue weighted by Gasteiger charge is 2.29. The minimum atomic E-state index is -3.65. The molecule has 2 atom stereocenters. The number of benzene rings is 1. The maximum atomic E-state index is 12.6. The molecule has 1 aromatic carbocycles. The summed E-state index contributed by atoms with van der Waals surface area (Å²) in [5, 5.41) is 17.1. The highest BCUT2D eigenvalue weighted by molar-refractivity contribution is 7.89. The van der Waals surface area contributed by atoms with Crippen molar-refractivity contribution >= 4 is 27.4 Å². The number of amides is 1. The average Bonchev–Trinajstić information content (AvgIpc) is 3.29. The zero-order valence-corrected chi connectivity index (χ0v) is 20.3. The third kappa shape index (κ3) is 6.18. The Labute approximate surface area is 205 Å². The van der Waals surface area contributed by atoms with E-state index < -0.39 is 15.9 Å². The molecule has 4 N–H and O–H groups in total. The topological polar surface area (TPSA) is 155 Å². The Balaban J connectivity index is 1.42. The fourth-order valence-corrected chi connectivity index (χ4v) is 5.53. The highest BCUT2D eigenvalue weighted by Crippen LogP contribution is 2.34. The van der Waals surface area contributed by atoms with Crippen LogP contribution < -0.4 is 15.8 Å². The van der Waals surface area contributed by atoms with Crippen LogP contribution in [0.2, 0.25) is 0 Å². The number of hydrogen-bond donors (Lipinski definition) is 3. The van der Waals surface area contributed by atoms with Gasteiger partial charge in [0.15, 0.2) is 5.82 Å². The molecule has 2 heterocycles. The van der Waals surface area contributed by atoms with Gasteiger partial charge in [0.25, 0.3) is 5.91 Å². The third-order valence-electron chi connectivity index (χ3n) is 6.48. The Morgan fingerprint density at radius 1 is 1.20 bits per heavy atom. The van der Waals surface area contributed by atoms with E-state index in [1.165, 1.54) is 12.1 Å². The summed E-state index contributed by atoms with van der Waals surface area (Å²) in [5.74, 6) is -0.525. The van der Waals surface area contributed by atoms with Crippen LogP contribution in [0.25, 0.3) is 0 Å². The summed E-state index contributed by atoms with van der Waals surface area (Å²) in [5.41, 5.74) is 6.34. The van der Waals surface area contributed by atoms with E-state index in [0.29, 0.717) is 32.0 Å². The number of carbonyl (C=O) groups excluding carboxylic acids is 1. The molecule has 2 fully saturated rings. The van der Waals surface area contributed by atoms with Crippen molar-refractivity contribution in [2.75, 3.05) is 44.7 Å². The zero-order valence-electron chi connectivity index (χ0n) is 19.5. The molecule has 1 saturated heterocycles. The molecule has 1 aliphatic carbocycles. The lowest BCUT2D eigenvalue weighted by Gasteiger charge is -2.26. The molecule has 1 saturated carbocycles. The molecule has 4 rings (SSSR count). The van der Waals surface area contributed by atoms with Crippen molar-refractivity contribution < 1.29 is 17.9 Å². The summed E-state index contributed by atoms with van der Waals surface area (Å²) >= 11 is 0. The number of ether oxygens (including phenoxy) is 1. The minimum absolute atomic E-state index is 0.113. The SMILES string of the molecule is N#C[C@@H]1CCCC[C@H]1n1cc(C(N)=O)c(Nc2ccc(S(=O)(=O)NCCN3CCOCC3)cc2)n1. The normalized spacial score (nSPS) is 21.3. The lowest BCUT2D eigenvalue weighted by Crippen LogP contribution is -2.41. The van der Waals surface area contributed by atoms with Crippen LogP contribution in [0.4, 0.5) is 11.5 Å². The van der Waals surface area contributed by atoms with Gasteiger partial charge in [0.2, 0.25) is 10.0 Å². The van der Waals surface area contributed by atoms with Gasteiger partial charge in [-0.2, -0.15) is 10.4 Å². The average molecular weight is 502 g/mol. The monoisotopic (exact) mass is 501 g/mol. The number of nitrogens with two attached hydrogens (primary N) is 1. The highest BCUT2D eigenvalue weighted by atomic mass is 32.2. The smallest absolute Gasteiger partial charge is 0.254 e. The van der Waals surface area contributed by atoms with E-state index in [1.54, 1.807) is 23.0 Å². The van der Waals surface area contributed by atoms with E-state index in [4.69, 9.17) is 10.5 Å². The number of morpholine rings is 1. The number of anilines is 2. The van der Waals surface area contributed by atoms with Crippen molar-refractivity contribution in [3.05, 3.63) is 36.0 Å². The van der Waals surface area contributed by atoms with Gasteiger partial charge in [-0.3, -0.25) is 14.4 Å². The second-order valence-electron chi connectivity index (χ2n) is 8.82. The van der Waals surface area contributed by atoms with Crippen LogP contribution in [-0.2, 0) is 14.8 Å². The molecule has 11 nitrogen and oxygen atoms in total. The standard InChI is InChI=1S/C23H31N7O4S/c24-15-17-3-1-2-4-21(17)30-16-20(22(25)31)23(28-30)27-18-5-7-19(8-6-18)35(32,33)26-9-10-29-11-13-34-14-12-29/h5-8,16-17,21,26H,1-4,9-14H2,(H2,25,31)(H,27,28)/t17-,21+/m0/s1. The minimum Gasteiger partial charge on any atom is -0.379 e. The van der Waals surface area contributed by atoms with Crippen molar-refractivity contribution in [2.24, 2.45) is 11.7 Å². The van der Waals surface area contributed by atoms with Crippen molar-refractivity contribution in [3.8, 4) is 6.07 Å². The molecule has 1 aliphatic heterocycles. The fraction of sp³-hybridized carbons (Fsp3) is 0.522. The van der Waals surface area contributed by atoms with Gasteiger partial charge in [-0.05, 0) is 37.1 Å². The molecular formula is C23H31N7O4S. The number of nitriles is 1. The van der Waals surface area contributed by atoms with Crippen molar-refractivity contribution in [1.82, 2.24) is 19.4 Å². The summed E-state index contributed by atoms with van der Waals surface area (Å²) in [6.07, 6.45) is 5.19. The molecule has 188 valence electrons. The second-order valence-corrected chi connectivity index (χ2v) is 10.6. The first kappa shape index (κ1) is 25.1. The van der Waals surface area contributed by atoms with Crippen molar-refractivity contribution in [3.63, 3.8) is 0 Å². The van der Waals surface area contributed by atoms with Gasteiger partial charge in [-0.1, -0.05) is 12.8 Å². The first-order chi connectivity index (χ1) is 16.9. The molecule has 2 aromatic rings. The fourth-order valence-electron chi connectivity index (χ4n) is 4.51. The van der Waals surface area contributed by atoms with Gasteiger partial charge in [-0.15, -0.1) is 0 Å². The Morgan fingerprint density at radius 3 is 2.60 bits per heavy atom. The molecule has 2 aliphatic rings. The number of aromatic nitrogens is 2. The number of carbonyl (C=O) groups is 1. The van der Waals surface area contributed by atoms with Gasteiger partial charge in [0.05, 0.1) is 36.1 Å². The largest absolute Gasteiger partial charge is 0.379 e. The van der Waals surface area contributed by atoms with Crippen molar-refractivity contribution in [2.45, 2.75) is 36.6 Å². The molecule has 12 heteroatoms. The predicted octanol–water partition coefficient (Wildman–Crippen LogP) is 1.59. The third-order valence-corrected chi connectivity index (χ3v) is 7.96. The maximum absolute atomic E-state index is 12.6. The van der Waals surface area contributed by atoms with Crippen LogP contribution in [0.5, 0.6) is 0 Å². The Bertz CT molecular complexity index is 1170. The zero-order chi connectivity index (χ0) is 24.8. The second kappa shape index (κ2) is 11.2. The summed E-state index contributed by atoms with van der Waals surface area (Å²) < 4.78 is 34.9. The van der Waals surface area contributed by atoms with Crippen LogP contribution in [-0.4, -0.2) is 68.4 Å². The van der Waals surface area contributed by atoms with Crippen LogP contribution >= 0.6 is 0 Å². The Kier molecular flexibility index (Phi) is 8.02. The molecular weight excluding hydrogens is 470 g/mol. The van der Waals surface area contributed by atoms with Gasteiger partial charge in [0.1, 0.15) is 5.56 Å². The number of primary amides is 1. The van der Waals surface area contributed by atoms with E-state index in [1.807, 2.05) is 0 Å². The van der Waals surface area contributed by atoms with E-state index in [0.717, 1.165) is 38.8 Å². The maximum Gasteiger partial charge on any atom is 0.254 e. The van der Waals surface area contributed by atoms with E-state index in [9.17, 15) is 18.5 Å². The van der Waals surface area contributed by atoms with Gasteiger partial charge in [-0.25, -0.2) is 13.1 Å². The predicted molar refractivity (Wildman–Crippen MR) is 130 cm³/mol. The number of rotatable bonds is 9. The van der Waals surface area contributed by atoms with Crippen molar-refractivity contribution in [1.29, 1.82) is 5.26 Å². The lowest BCUT2D eigenvalue weighted by atomic mass is 9.85. The molecule has 0 bridgehead atoms. The van der Waals surface area contributed by atoms with Crippen LogP contribution in [0.15, 0.2) is 35.4 Å². The quantitative estimate of drug-likeness (QED) is 0.468.